The number of rotatable bonds is 10. The molecule has 0 bridgehead atoms. The standard InChI is InChI=1S/C17H20ClN3O5S/c1-24-4-5-25-6-7-26-13-3-2-10(8-12(13)18)14-9-11(15(19)22)16(27-14)21-17(20)23/h2-3,8-9H,4-7H2,1H3,(H2,19,22)(H3,20,21,23). The monoisotopic (exact) mass is 413 g/mol. The Bertz CT molecular complexity index is 812. The first-order valence-corrected chi connectivity index (χ1v) is 9.11. The van der Waals surface area contributed by atoms with Crippen LogP contribution in [0.1, 0.15) is 10.4 Å². The molecule has 146 valence electrons. The van der Waals surface area contributed by atoms with Crippen LogP contribution in [0.15, 0.2) is 24.3 Å². The highest BCUT2D eigenvalue weighted by molar-refractivity contribution is 7.20. The largest absolute Gasteiger partial charge is 0.490 e. The first-order valence-electron chi connectivity index (χ1n) is 7.92. The Morgan fingerprint density at radius 1 is 1.15 bits per heavy atom. The normalized spacial score (nSPS) is 10.6. The van der Waals surface area contributed by atoms with Gasteiger partial charge in [0, 0.05) is 12.0 Å². The second kappa shape index (κ2) is 10.1. The summed E-state index contributed by atoms with van der Waals surface area (Å²) >= 11 is 7.44. The van der Waals surface area contributed by atoms with Crippen molar-refractivity contribution in [2.75, 3.05) is 38.9 Å². The minimum absolute atomic E-state index is 0.179. The van der Waals surface area contributed by atoms with Gasteiger partial charge in [0.25, 0.3) is 5.91 Å². The van der Waals surface area contributed by atoms with Crippen molar-refractivity contribution >= 4 is 39.9 Å². The molecule has 0 fully saturated rings. The van der Waals surface area contributed by atoms with Gasteiger partial charge in [-0.15, -0.1) is 11.3 Å². The summed E-state index contributed by atoms with van der Waals surface area (Å²) in [5, 5.41) is 3.09. The summed E-state index contributed by atoms with van der Waals surface area (Å²) in [6.07, 6.45) is 0. The summed E-state index contributed by atoms with van der Waals surface area (Å²) in [6.45, 7) is 1.78. The summed E-state index contributed by atoms with van der Waals surface area (Å²) in [6, 6.07) is 6.01. The maximum Gasteiger partial charge on any atom is 0.317 e. The molecule has 0 aliphatic rings. The van der Waals surface area contributed by atoms with Crippen molar-refractivity contribution in [3.05, 3.63) is 34.9 Å². The molecule has 2 aromatic rings. The van der Waals surface area contributed by atoms with Crippen LogP contribution in [0.25, 0.3) is 10.4 Å². The molecule has 0 unspecified atom stereocenters. The quantitative estimate of drug-likeness (QED) is 0.516. The zero-order valence-electron chi connectivity index (χ0n) is 14.6. The van der Waals surface area contributed by atoms with Crippen LogP contribution in [0.2, 0.25) is 5.02 Å². The number of carbonyl (C=O) groups excluding carboxylic acids is 2. The number of hydrogen-bond acceptors (Lipinski definition) is 6. The molecule has 5 N–H and O–H groups in total. The van der Waals surface area contributed by atoms with Gasteiger partial charge in [-0.25, -0.2) is 4.79 Å². The van der Waals surface area contributed by atoms with E-state index in [1.54, 1.807) is 31.4 Å². The number of hydrogen-bond donors (Lipinski definition) is 3. The molecule has 0 spiro atoms. The number of anilines is 1. The third-order valence-corrected chi connectivity index (χ3v) is 4.76. The molecule has 1 aromatic heterocycles. The SMILES string of the molecule is COCCOCCOc1ccc(-c2cc(C(N)=O)c(NC(N)=O)s2)cc1Cl. The summed E-state index contributed by atoms with van der Waals surface area (Å²) in [7, 11) is 1.61. The second-order valence-corrected chi connectivity index (χ2v) is 6.77. The van der Waals surface area contributed by atoms with E-state index in [1.165, 1.54) is 11.3 Å². The van der Waals surface area contributed by atoms with Crippen molar-refractivity contribution in [2.24, 2.45) is 11.5 Å². The van der Waals surface area contributed by atoms with E-state index in [-0.39, 0.29) is 10.6 Å². The van der Waals surface area contributed by atoms with E-state index >= 15 is 0 Å². The highest BCUT2D eigenvalue weighted by Gasteiger charge is 2.16. The van der Waals surface area contributed by atoms with E-state index in [9.17, 15) is 9.59 Å². The number of urea groups is 1. The summed E-state index contributed by atoms with van der Waals surface area (Å²) in [4.78, 5) is 23.3. The van der Waals surface area contributed by atoms with Gasteiger partial charge in [-0.3, -0.25) is 10.1 Å². The zero-order valence-corrected chi connectivity index (χ0v) is 16.2. The van der Waals surface area contributed by atoms with Gasteiger partial charge in [0.15, 0.2) is 0 Å². The average molecular weight is 414 g/mol. The molecule has 0 aliphatic heterocycles. The van der Waals surface area contributed by atoms with Crippen molar-refractivity contribution in [1.82, 2.24) is 0 Å². The number of methoxy groups -OCH3 is 1. The molecule has 27 heavy (non-hydrogen) atoms. The van der Waals surface area contributed by atoms with Gasteiger partial charge >= 0.3 is 6.03 Å². The minimum Gasteiger partial charge on any atom is -0.490 e. The van der Waals surface area contributed by atoms with Gasteiger partial charge in [-0.2, -0.15) is 0 Å². The van der Waals surface area contributed by atoms with E-state index in [0.29, 0.717) is 42.1 Å². The average Bonchev–Trinajstić information content (AvgIpc) is 3.02. The van der Waals surface area contributed by atoms with Gasteiger partial charge in [-0.05, 0) is 29.8 Å². The van der Waals surface area contributed by atoms with Crippen LogP contribution in [0.4, 0.5) is 9.80 Å². The highest BCUT2D eigenvalue weighted by atomic mass is 35.5. The number of benzene rings is 1. The maximum atomic E-state index is 11.6. The fraction of sp³-hybridized carbons (Fsp3) is 0.294. The predicted molar refractivity (Wildman–Crippen MR) is 105 cm³/mol. The molecule has 0 radical (unpaired) electrons. The fourth-order valence-electron chi connectivity index (χ4n) is 2.15. The molecule has 0 aliphatic carbocycles. The predicted octanol–water partition coefficient (Wildman–Crippen LogP) is 2.70. The number of primary amides is 2. The van der Waals surface area contributed by atoms with Crippen molar-refractivity contribution in [3.63, 3.8) is 0 Å². The fourth-order valence-corrected chi connectivity index (χ4v) is 3.44. The van der Waals surface area contributed by atoms with Crippen molar-refractivity contribution < 1.29 is 23.8 Å². The number of nitrogens with two attached hydrogens (primary N) is 2. The Kier molecular flexibility index (Phi) is 7.86. The molecular weight excluding hydrogens is 394 g/mol. The molecule has 1 aromatic carbocycles. The first-order chi connectivity index (χ1) is 12.9. The lowest BCUT2D eigenvalue weighted by atomic mass is 10.1. The molecule has 0 saturated heterocycles. The van der Waals surface area contributed by atoms with Crippen molar-refractivity contribution in [3.8, 4) is 16.2 Å². The molecule has 0 atom stereocenters. The molecule has 0 saturated carbocycles. The van der Waals surface area contributed by atoms with Gasteiger partial charge in [0.1, 0.15) is 17.4 Å². The molecular formula is C17H20ClN3O5S. The van der Waals surface area contributed by atoms with Gasteiger partial charge in [0.05, 0.1) is 30.4 Å². The van der Waals surface area contributed by atoms with Crippen LogP contribution in [-0.2, 0) is 9.47 Å². The van der Waals surface area contributed by atoms with Crippen molar-refractivity contribution in [2.45, 2.75) is 0 Å². The van der Waals surface area contributed by atoms with Crippen LogP contribution in [0.3, 0.4) is 0 Å². The maximum absolute atomic E-state index is 11.6. The number of carbonyl (C=O) groups is 2. The van der Waals surface area contributed by atoms with E-state index in [4.69, 9.17) is 37.3 Å². The summed E-state index contributed by atoms with van der Waals surface area (Å²) < 4.78 is 15.8. The van der Waals surface area contributed by atoms with Crippen LogP contribution in [-0.4, -0.2) is 45.5 Å². The van der Waals surface area contributed by atoms with E-state index in [0.717, 1.165) is 5.56 Å². The molecule has 2 rings (SSSR count). The number of amides is 3. The topological polar surface area (TPSA) is 126 Å². The van der Waals surface area contributed by atoms with E-state index < -0.39 is 11.9 Å². The van der Waals surface area contributed by atoms with E-state index in [1.807, 2.05) is 0 Å². The Morgan fingerprint density at radius 2 is 1.89 bits per heavy atom. The first kappa shape index (κ1) is 21.0. The number of thiophene rings is 1. The van der Waals surface area contributed by atoms with E-state index in [2.05, 4.69) is 5.32 Å². The molecule has 3 amide bonds. The Morgan fingerprint density at radius 3 is 2.52 bits per heavy atom. The second-order valence-electron chi connectivity index (χ2n) is 5.31. The Labute approximate surface area is 165 Å². The lowest BCUT2D eigenvalue weighted by Gasteiger charge is -2.09. The number of halogens is 1. The van der Waals surface area contributed by atoms with Crippen LogP contribution >= 0.6 is 22.9 Å². The molecule has 8 nitrogen and oxygen atoms in total. The number of ether oxygens (including phenoxy) is 3. The molecule has 10 heteroatoms. The molecule has 1 heterocycles. The highest BCUT2D eigenvalue weighted by Crippen LogP contribution is 2.38. The summed E-state index contributed by atoms with van der Waals surface area (Å²) in [5.41, 5.74) is 11.4. The van der Waals surface area contributed by atoms with Crippen molar-refractivity contribution in [1.29, 1.82) is 0 Å². The van der Waals surface area contributed by atoms with Crippen LogP contribution < -0.4 is 21.5 Å². The summed E-state index contributed by atoms with van der Waals surface area (Å²) in [5.74, 6) is -0.154. The van der Waals surface area contributed by atoms with Crippen LogP contribution in [0, 0.1) is 0 Å². The zero-order chi connectivity index (χ0) is 19.8. The lowest BCUT2D eigenvalue weighted by Crippen LogP contribution is -2.21. The lowest BCUT2D eigenvalue weighted by molar-refractivity contribution is 0.0544. The Balaban J connectivity index is 2.08. The van der Waals surface area contributed by atoms with Gasteiger partial charge in [0.2, 0.25) is 0 Å². The third-order valence-electron chi connectivity index (χ3n) is 3.37. The van der Waals surface area contributed by atoms with Gasteiger partial charge in [-0.1, -0.05) is 11.6 Å². The Hall–Kier alpha value is -2.33. The van der Waals surface area contributed by atoms with Crippen LogP contribution in [0.5, 0.6) is 5.75 Å². The number of nitrogens with one attached hydrogen (secondary N) is 1. The smallest absolute Gasteiger partial charge is 0.317 e. The minimum atomic E-state index is -0.777. The third kappa shape index (κ3) is 6.10. The van der Waals surface area contributed by atoms with Gasteiger partial charge < -0.3 is 25.7 Å².